The summed E-state index contributed by atoms with van der Waals surface area (Å²) in [6.07, 6.45) is 5.03. The highest BCUT2D eigenvalue weighted by Crippen LogP contribution is 2.19. The Morgan fingerprint density at radius 2 is 2.26 bits per heavy atom. The molecule has 0 aliphatic heterocycles. The molecule has 0 unspecified atom stereocenters. The molecule has 1 aromatic heterocycles. The van der Waals surface area contributed by atoms with Gasteiger partial charge in [-0.05, 0) is 18.6 Å². The van der Waals surface area contributed by atoms with Gasteiger partial charge in [-0.25, -0.2) is 9.78 Å². The fourth-order valence-corrected chi connectivity index (χ4v) is 1.91. The molecule has 0 saturated carbocycles. The monoisotopic (exact) mass is 258 g/mol. The molecule has 0 spiro atoms. The summed E-state index contributed by atoms with van der Waals surface area (Å²) in [6.45, 7) is 2.16. The second-order valence-electron chi connectivity index (χ2n) is 4.42. The maximum Gasteiger partial charge on any atom is 0.337 e. The van der Waals surface area contributed by atoms with E-state index in [0.29, 0.717) is 5.56 Å². The number of carbonyl (C=O) groups is 1. The van der Waals surface area contributed by atoms with E-state index in [1.165, 1.54) is 7.11 Å². The number of carbonyl (C=O) groups excluding carboxylic acids is 1. The van der Waals surface area contributed by atoms with Gasteiger partial charge in [-0.15, -0.1) is 0 Å². The molecule has 0 atom stereocenters. The van der Waals surface area contributed by atoms with Gasteiger partial charge in [-0.3, -0.25) is 0 Å². The number of rotatable bonds is 5. The van der Waals surface area contributed by atoms with Gasteiger partial charge in [-0.1, -0.05) is 25.5 Å². The van der Waals surface area contributed by atoms with Crippen molar-refractivity contribution in [3.8, 4) is 11.3 Å². The highest BCUT2D eigenvalue weighted by molar-refractivity contribution is 5.90. The Hall–Kier alpha value is -2.10. The van der Waals surface area contributed by atoms with Crippen molar-refractivity contribution in [3.05, 3.63) is 41.9 Å². The van der Waals surface area contributed by atoms with Crippen molar-refractivity contribution in [1.82, 2.24) is 9.97 Å². The van der Waals surface area contributed by atoms with Crippen LogP contribution >= 0.6 is 0 Å². The molecule has 4 heteroatoms. The quantitative estimate of drug-likeness (QED) is 0.838. The topological polar surface area (TPSA) is 55.0 Å². The number of aromatic nitrogens is 2. The van der Waals surface area contributed by atoms with Gasteiger partial charge in [0.25, 0.3) is 0 Å². The largest absolute Gasteiger partial charge is 0.465 e. The highest BCUT2D eigenvalue weighted by atomic mass is 16.5. The first-order valence-corrected chi connectivity index (χ1v) is 6.47. The van der Waals surface area contributed by atoms with Crippen molar-refractivity contribution in [1.29, 1.82) is 0 Å². The normalized spacial score (nSPS) is 10.4. The molecular weight excluding hydrogens is 240 g/mol. The van der Waals surface area contributed by atoms with Gasteiger partial charge in [0.2, 0.25) is 0 Å². The Balaban J connectivity index is 2.21. The third-order valence-corrected chi connectivity index (χ3v) is 2.99. The first-order chi connectivity index (χ1) is 9.24. The summed E-state index contributed by atoms with van der Waals surface area (Å²) in [5, 5.41) is 0. The summed E-state index contributed by atoms with van der Waals surface area (Å²) >= 11 is 0. The smallest absolute Gasteiger partial charge is 0.337 e. The van der Waals surface area contributed by atoms with E-state index < -0.39 is 0 Å². The number of benzene rings is 1. The Kier molecular flexibility index (Phi) is 4.34. The number of unbranched alkanes of at least 4 members (excludes halogenated alkanes) is 1. The van der Waals surface area contributed by atoms with Gasteiger partial charge < -0.3 is 9.72 Å². The Morgan fingerprint density at radius 3 is 3.00 bits per heavy atom. The number of hydrogen-bond acceptors (Lipinski definition) is 3. The van der Waals surface area contributed by atoms with Crippen molar-refractivity contribution in [3.63, 3.8) is 0 Å². The lowest BCUT2D eigenvalue weighted by molar-refractivity contribution is 0.0601. The molecule has 2 aromatic rings. The van der Waals surface area contributed by atoms with E-state index >= 15 is 0 Å². The first-order valence-electron chi connectivity index (χ1n) is 6.47. The van der Waals surface area contributed by atoms with Crippen LogP contribution in [-0.2, 0) is 11.2 Å². The number of ether oxygens (including phenoxy) is 1. The number of aromatic amines is 1. The minimum atomic E-state index is -0.326. The van der Waals surface area contributed by atoms with E-state index in [1.54, 1.807) is 12.3 Å². The SMILES string of the molecule is CCCCc1ncc(-c2cccc(C(=O)OC)c2)[nH]1. The predicted molar refractivity (Wildman–Crippen MR) is 74.0 cm³/mol. The molecule has 0 amide bonds. The van der Waals surface area contributed by atoms with Crippen LogP contribution in [0.25, 0.3) is 11.3 Å². The third kappa shape index (κ3) is 3.22. The molecule has 2 rings (SSSR count). The summed E-state index contributed by atoms with van der Waals surface area (Å²) < 4.78 is 4.72. The van der Waals surface area contributed by atoms with Gasteiger partial charge in [0.05, 0.1) is 24.6 Å². The Labute approximate surface area is 112 Å². The molecule has 0 fully saturated rings. The first kappa shape index (κ1) is 13.3. The molecule has 100 valence electrons. The molecule has 0 saturated heterocycles. The molecule has 4 nitrogen and oxygen atoms in total. The molecule has 0 radical (unpaired) electrons. The van der Waals surface area contributed by atoms with E-state index in [9.17, 15) is 4.79 Å². The van der Waals surface area contributed by atoms with Crippen molar-refractivity contribution >= 4 is 5.97 Å². The van der Waals surface area contributed by atoms with E-state index in [2.05, 4.69) is 16.9 Å². The Morgan fingerprint density at radius 1 is 1.42 bits per heavy atom. The van der Waals surface area contributed by atoms with Crippen LogP contribution in [0.15, 0.2) is 30.5 Å². The average molecular weight is 258 g/mol. The van der Waals surface area contributed by atoms with Crippen molar-refractivity contribution in [2.24, 2.45) is 0 Å². The zero-order valence-electron chi connectivity index (χ0n) is 11.3. The maximum atomic E-state index is 11.5. The molecule has 0 bridgehead atoms. The molecule has 0 aliphatic rings. The molecule has 1 heterocycles. The van der Waals surface area contributed by atoms with Crippen molar-refractivity contribution in [2.75, 3.05) is 7.11 Å². The third-order valence-electron chi connectivity index (χ3n) is 2.99. The molecule has 1 aromatic carbocycles. The van der Waals surface area contributed by atoms with Gasteiger partial charge in [0, 0.05) is 12.0 Å². The lowest BCUT2D eigenvalue weighted by Gasteiger charge is -2.02. The van der Waals surface area contributed by atoms with Crippen LogP contribution in [-0.4, -0.2) is 23.0 Å². The predicted octanol–water partition coefficient (Wildman–Crippen LogP) is 3.21. The Bertz CT molecular complexity index is 561. The zero-order chi connectivity index (χ0) is 13.7. The van der Waals surface area contributed by atoms with E-state index in [4.69, 9.17) is 4.74 Å². The second kappa shape index (κ2) is 6.18. The zero-order valence-corrected chi connectivity index (χ0v) is 11.3. The summed E-state index contributed by atoms with van der Waals surface area (Å²) in [4.78, 5) is 19.1. The molecular formula is C15H18N2O2. The molecule has 19 heavy (non-hydrogen) atoms. The van der Waals surface area contributed by atoms with E-state index in [-0.39, 0.29) is 5.97 Å². The van der Waals surface area contributed by atoms with Gasteiger partial charge >= 0.3 is 5.97 Å². The molecule has 0 aliphatic carbocycles. The standard InChI is InChI=1S/C15H18N2O2/c1-3-4-8-14-16-10-13(17-14)11-6-5-7-12(9-11)15(18)19-2/h5-7,9-10H,3-4,8H2,1-2H3,(H,16,17). The number of imidazole rings is 1. The lowest BCUT2D eigenvalue weighted by Crippen LogP contribution is -2.00. The second-order valence-corrected chi connectivity index (χ2v) is 4.42. The van der Waals surface area contributed by atoms with Crippen molar-refractivity contribution < 1.29 is 9.53 Å². The summed E-state index contributed by atoms with van der Waals surface area (Å²) in [7, 11) is 1.38. The number of esters is 1. The van der Waals surface area contributed by atoms with Crippen LogP contribution in [0.5, 0.6) is 0 Å². The number of methoxy groups -OCH3 is 1. The van der Waals surface area contributed by atoms with Crippen molar-refractivity contribution in [2.45, 2.75) is 26.2 Å². The van der Waals surface area contributed by atoms with Crippen LogP contribution in [0.4, 0.5) is 0 Å². The number of aryl methyl sites for hydroxylation is 1. The summed E-state index contributed by atoms with van der Waals surface area (Å²) in [5.74, 6) is 0.660. The number of nitrogens with zero attached hydrogens (tertiary/aromatic N) is 1. The van der Waals surface area contributed by atoms with Gasteiger partial charge in [0.15, 0.2) is 0 Å². The molecule has 1 N–H and O–H groups in total. The van der Waals surface area contributed by atoms with Crippen LogP contribution in [0.3, 0.4) is 0 Å². The van der Waals surface area contributed by atoms with Crippen LogP contribution in [0.1, 0.15) is 35.9 Å². The minimum absolute atomic E-state index is 0.326. The minimum Gasteiger partial charge on any atom is -0.465 e. The average Bonchev–Trinajstić information content (AvgIpc) is 2.93. The number of nitrogens with one attached hydrogen (secondary N) is 1. The van der Waals surface area contributed by atoms with Gasteiger partial charge in [-0.2, -0.15) is 0 Å². The summed E-state index contributed by atoms with van der Waals surface area (Å²) in [5.41, 5.74) is 2.42. The lowest BCUT2D eigenvalue weighted by atomic mass is 10.1. The fraction of sp³-hybridized carbons (Fsp3) is 0.333. The van der Waals surface area contributed by atoms with Crippen LogP contribution in [0.2, 0.25) is 0 Å². The highest BCUT2D eigenvalue weighted by Gasteiger charge is 2.08. The van der Waals surface area contributed by atoms with Crippen LogP contribution < -0.4 is 0 Å². The van der Waals surface area contributed by atoms with Crippen LogP contribution in [0, 0.1) is 0 Å². The van der Waals surface area contributed by atoms with E-state index in [0.717, 1.165) is 36.3 Å². The van der Waals surface area contributed by atoms with Gasteiger partial charge in [0.1, 0.15) is 5.82 Å². The van der Waals surface area contributed by atoms with E-state index in [1.807, 2.05) is 18.2 Å². The number of H-pyrrole nitrogens is 1. The maximum absolute atomic E-state index is 11.5. The summed E-state index contributed by atoms with van der Waals surface area (Å²) in [6, 6.07) is 7.34. The number of hydrogen-bond donors (Lipinski definition) is 1. The fourth-order valence-electron chi connectivity index (χ4n) is 1.91.